The maximum absolute atomic E-state index is 11.3. The Morgan fingerprint density at radius 2 is 2.15 bits per heavy atom. The van der Waals surface area contributed by atoms with Crippen LogP contribution in [0.2, 0.25) is 0 Å². The minimum atomic E-state index is -3.64. The Balaban J connectivity index is 3.15. The van der Waals surface area contributed by atoms with Crippen molar-refractivity contribution in [2.45, 2.75) is 0 Å². The van der Waals surface area contributed by atoms with E-state index in [-0.39, 0.29) is 6.02 Å². The van der Waals surface area contributed by atoms with Crippen molar-refractivity contribution in [2.24, 2.45) is 9.39 Å². The lowest BCUT2D eigenvalue weighted by Crippen LogP contribution is -2.34. The second-order valence-electron chi connectivity index (χ2n) is 2.12. The molecule has 0 N–H and O–H groups in total. The predicted molar refractivity (Wildman–Crippen MR) is 52.1 cm³/mol. The molecule has 0 aromatic rings. The smallest absolute Gasteiger partial charge is 0.350 e. The highest BCUT2D eigenvalue weighted by atomic mass is 32.2. The van der Waals surface area contributed by atoms with Crippen molar-refractivity contribution in [3.63, 3.8) is 0 Å². The lowest BCUT2D eigenvalue weighted by Gasteiger charge is -2.19. The minimum Gasteiger partial charge on any atom is -0.466 e. The van der Waals surface area contributed by atoms with Gasteiger partial charge >= 0.3 is 16.2 Å². The van der Waals surface area contributed by atoms with Gasteiger partial charge in [0, 0.05) is 7.05 Å². The van der Waals surface area contributed by atoms with Crippen LogP contribution < -0.4 is 0 Å². The van der Waals surface area contributed by atoms with Crippen molar-refractivity contribution in [1.29, 1.82) is 0 Å². The van der Waals surface area contributed by atoms with Gasteiger partial charge in [0.1, 0.15) is 0 Å². The van der Waals surface area contributed by atoms with Gasteiger partial charge in [-0.25, -0.2) is 4.31 Å². The zero-order chi connectivity index (χ0) is 10.1. The molecule has 6 nitrogen and oxygen atoms in total. The number of thioether (sulfide) groups is 1. The molecule has 0 aliphatic carbocycles. The molecular formula is C5H9N3O3S2. The normalized spacial score (nSPS) is 20.7. The lowest BCUT2D eigenvalue weighted by atomic mass is 11.0. The van der Waals surface area contributed by atoms with Crippen LogP contribution in [0.3, 0.4) is 0 Å². The van der Waals surface area contributed by atoms with Crippen molar-refractivity contribution in [2.75, 3.05) is 20.4 Å². The van der Waals surface area contributed by atoms with E-state index < -0.39 is 10.2 Å². The third kappa shape index (κ3) is 1.94. The van der Waals surface area contributed by atoms with Gasteiger partial charge < -0.3 is 4.74 Å². The summed E-state index contributed by atoms with van der Waals surface area (Å²) in [7, 11) is -0.929. The van der Waals surface area contributed by atoms with E-state index in [0.717, 1.165) is 4.31 Å². The van der Waals surface area contributed by atoms with Crippen LogP contribution in [0.25, 0.3) is 0 Å². The Morgan fingerprint density at radius 3 is 2.62 bits per heavy atom. The van der Waals surface area contributed by atoms with Crippen LogP contribution in [0.4, 0.5) is 0 Å². The number of ether oxygens (including phenoxy) is 1. The van der Waals surface area contributed by atoms with E-state index in [2.05, 4.69) is 14.1 Å². The lowest BCUT2D eigenvalue weighted by molar-refractivity contribution is 0.395. The molecule has 1 heterocycles. The Labute approximate surface area is 80.9 Å². The fourth-order valence-electron chi connectivity index (χ4n) is 0.688. The highest BCUT2D eigenvalue weighted by molar-refractivity contribution is 8.14. The molecule has 1 aliphatic heterocycles. The van der Waals surface area contributed by atoms with Crippen molar-refractivity contribution < 1.29 is 13.2 Å². The van der Waals surface area contributed by atoms with Gasteiger partial charge in [-0.05, 0) is 6.26 Å². The van der Waals surface area contributed by atoms with Gasteiger partial charge in [0.15, 0.2) is 5.17 Å². The number of hydrogen-bond acceptors (Lipinski definition) is 5. The fourth-order valence-corrected chi connectivity index (χ4v) is 2.29. The number of aliphatic imine (C=N–C) groups is 1. The van der Waals surface area contributed by atoms with Crippen LogP contribution in [-0.4, -0.2) is 44.3 Å². The van der Waals surface area contributed by atoms with Crippen LogP contribution in [-0.2, 0) is 14.9 Å². The molecule has 0 saturated heterocycles. The zero-order valence-electron chi connectivity index (χ0n) is 7.38. The molecule has 74 valence electrons. The van der Waals surface area contributed by atoms with E-state index in [0.29, 0.717) is 5.17 Å². The van der Waals surface area contributed by atoms with Crippen LogP contribution in [0, 0.1) is 0 Å². The summed E-state index contributed by atoms with van der Waals surface area (Å²) in [4.78, 5) is 3.85. The molecule has 0 atom stereocenters. The second-order valence-corrected chi connectivity index (χ2v) is 4.52. The standard InChI is InChI=1S/C5H9N3O3S2/c1-8-5(12-3)6-4(11-2)7-13(8,9)10/h1-3H3. The van der Waals surface area contributed by atoms with Gasteiger partial charge in [-0.3, -0.25) is 0 Å². The van der Waals surface area contributed by atoms with Gasteiger partial charge in [-0.1, -0.05) is 16.2 Å². The average Bonchev–Trinajstić information content (AvgIpc) is 2.09. The molecule has 0 aromatic heterocycles. The Bertz CT molecular complexity index is 359. The summed E-state index contributed by atoms with van der Waals surface area (Å²) < 4.78 is 31.5. The van der Waals surface area contributed by atoms with Crippen LogP contribution in [0.15, 0.2) is 9.39 Å². The fraction of sp³-hybridized carbons (Fsp3) is 0.600. The average molecular weight is 223 g/mol. The first-order chi connectivity index (χ1) is 6.01. The topological polar surface area (TPSA) is 71.3 Å². The summed E-state index contributed by atoms with van der Waals surface area (Å²) >= 11 is 1.21. The molecule has 0 saturated carbocycles. The molecule has 0 fully saturated rings. The quantitative estimate of drug-likeness (QED) is 0.575. The van der Waals surface area contributed by atoms with Crippen LogP contribution >= 0.6 is 11.8 Å². The molecule has 0 unspecified atom stereocenters. The van der Waals surface area contributed by atoms with Gasteiger partial charge in [0.05, 0.1) is 7.11 Å². The maximum atomic E-state index is 11.3. The molecule has 0 amide bonds. The van der Waals surface area contributed by atoms with Gasteiger partial charge in [0.2, 0.25) is 0 Å². The number of amidine groups is 2. The zero-order valence-corrected chi connectivity index (χ0v) is 9.02. The van der Waals surface area contributed by atoms with Crippen molar-refractivity contribution in [1.82, 2.24) is 4.31 Å². The number of methoxy groups -OCH3 is 1. The summed E-state index contributed by atoms with van der Waals surface area (Å²) in [6.07, 6.45) is 1.73. The van der Waals surface area contributed by atoms with E-state index in [1.165, 1.54) is 25.9 Å². The van der Waals surface area contributed by atoms with Crippen molar-refractivity contribution >= 4 is 33.2 Å². The number of nitrogens with zero attached hydrogens (tertiary/aromatic N) is 3. The number of hydrogen-bond donors (Lipinski definition) is 0. The summed E-state index contributed by atoms with van der Waals surface area (Å²) in [6.45, 7) is 0. The van der Waals surface area contributed by atoms with Crippen molar-refractivity contribution in [3.05, 3.63) is 0 Å². The molecule has 1 rings (SSSR count). The third-order valence-corrected chi connectivity index (χ3v) is 3.46. The van der Waals surface area contributed by atoms with Gasteiger partial charge in [-0.2, -0.15) is 13.4 Å². The molecule has 0 bridgehead atoms. The van der Waals surface area contributed by atoms with Crippen molar-refractivity contribution in [3.8, 4) is 0 Å². The van der Waals surface area contributed by atoms with E-state index >= 15 is 0 Å². The number of rotatable bonds is 0. The maximum Gasteiger partial charge on any atom is 0.350 e. The van der Waals surface area contributed by atoms with E-state index in [9.17, 15) is 8.42 Å². The van der Waals surface area contributed by atoms with E-state index in [1.807, 2.05) is 0 Å². The molecule has 13 heavy (non-hydrogen) atoms. The summed E-state index contributed by atoms with van der Waals surface area (Å²) in [5.41, 5.74) is 0. The Hall–Kier alpha value is -0.760. The van der Waals surface area contributed by atoms with Gasteiger partial charge in [0.25, 0.3) is 0 Å². The molecule has 8 heteroatoms. The molecule has 0 spiro atoms. The first-order valence-electron chi connectivity index (χ1n) is 3.26. The highest BCUT2D eigenvalue weighted by Gasteiger charge is 2.26. The molecule has 1 aliphatic rings. The summed E-state index contributed by atoms with van der Waals surface area (Å²) in [6, 6.07) is -0.137. The van der Waals surface area contributed by atoms with E-state index in [4.69, 9.17) is 0 Å². The summed E-state index contributed by atoms with van der Waals surface area (Å²) in [5, 5.41) is 0.340. The first kappa shape index (κ1) is 10.3. The first-order valence-corrected chi connectivity index (χ1v) is 5.89. The van der Waals surface area contributed by atoms with E-state index in [1.54, 1.807) is 6.26 Å². The Kier molecular flexibility index (Phi) is 2.81. The predicted octanol–water partition coefficient (Wildman–Crippen LogP) is -0.102. The monoisotopic (exact) mass is 223 g/mol. The molecular weight excluding hydrogens is 214 g/mol. The van der Waals surface area contributed by atoms with Crippen LogP contribution in [0.1, 0.15) is 0 Å². The molecule has 0 radical (unpaired) electrons. The highest BCUT2D eigenvalue weighted by Crippen LogP contribution is 2.15. The third-order valence-electron chi connectivity index (χ3n) is 1.37. The SMILES string of the molecule is COC1=NS(=O)(=O)N(C)C(SC)=N1. The van der Waals surface area contributed by atoms with Gasteiger partial charge in [-0.15, -0.1) is 0 Å². The summed E-state index contributed by atoms with van der Waals surface area (Å²) in [5.74, 6) is 0. The minimum absolute atomic E-state index is 0.137. The van der Waals surface area contributed by atoms with Crippen LogP contribution in [0.5, 0.6) is 0 Å². The second kappa shape index (κ2) is 3.54. The largest absolute Gasteiger partial charge is 0.466 e. The molecule has 0 aromatic carbocycles. The Morgan fingerprint density at radius 1 is 1.54 bits per heavy atom.